The third-order valence-corrected chi connectivity index (χ3v) is 12.8. The van der Waals surface area contributed by atoms with E-state index in [2.05, 4.69) is 0 Å². The second-order valence-electron chi connectivity index (χ2n) is 16.3. The summed E-state index contributed by atoms with van der Waals surface area (Å²) in [6.45, 7) is 4.26. The summed E-state index contributed by atoms with van der Waals surface area (Å²) < 4.78 is 28.0. The number of Topliss-reactive ketones (excluding diaryl/α,β-unsaturated/α-hetero) is 2. The summed E-state index contributed by atoms with van der Waals surface area (Å²) in [6, 6.07) is 4.00. The van der Waals surface area contributed by atoms with Gasteiger partial charge in [0.25, 0.3) is 0 Å². The van der Waals surface area contributed by atoms with Gasteiger partial charge in [-0.1, -0.05) is 6.07 Å². The number of allylic oxidation sites excluding steroid dienone is 1. The van der Waals surface area contributed by atoms with Crippen molar-refractivity contribution in [2.24, 2.45) is 5.92 Å². The second-order valence-corrected chi connectivity index (χ2v) is 16.3. The first kappa shape index (κ1) is 43.3. The Hall–Kier alpha value is -4.82. The van der Waals surface area contributed by atoms with Crippen LogP contribution in [0.5, 0.6) is 11.5 Å². The molecular weight excluding hydrogens is 786 g/mol. The Bertz CT molecular complexity index is 2330. The molecule has 3 aliphatic carbocycles. The van der Waals surface area contributed by atoms with Gasteiger partial charge in [0.05, 0.1) is 61.8 Å². The molecule has 1 aromatic heterocycles. The van der Waals surface area contributed by atoms with Crippen LogP contribution in [0.1, 0.15) is 90.5 Å². The number of aliphatic hydroxyl groups excluding tert-OH is 4. The molecule has 2 aromatic carbocycles. The summed E-state index contributed by atoms with van der Waals surface area (Å²) >= 11 is 0. The number of benzene rings is 2. The van der Waals surface area contributed by atoms with Crippen LogP contribution in [0.2, 0.25) is 0 Å². The van der Waals surface area contributed by atoms with Crippen LogP contribution in [0.3, 0.4) is 0 Å². The average Bonchev–Trinajstić information content (AvgIpc) is 3.61. The SMILES string of the molecule is COC(=O)c1c(C)cc2c(c1O)[C@]1(O)C(=O)c3cc4c(c(O)c3C(=O)[C@]1(OC)[C@H](O)C2)C(=N)C=C(C[C@H]1O[C@@H](C)[C@H](CO)[C@@H](O)[C@H]1OC)C4(O)Cc1coc(CC(C)O)c1. The van der Waals surface area contributed by atoms with Gasteiger partial charge in [0, 0.05) is 68.1 Å². The zero-order valence-electron chi connectivity index (χ0n) is 33.8. The number of aryl methyl sites for hydroxylation is 1. The number of ether oxygens (including phenoxy) is 4. The summed E-state index contributed by atoms with van der Waals surface area (Å²) in [4.78, 5) is 43.0. The Labute approximate surface area is 343 Å². The number of aliphatic hydroxyl groups is 6. The van der Waals surface area contributed by atoms with Gasteiger partial charge >= 0.3 is 5.97 Å². The van der Waals surface area contributed by atoms with Crippen molar-refractivity contribution in [3.8, 4) is 11.5 Å². The third-order valence-electron chi connectivity index (χ3n) is 12.8. The lowest BCUT2D eigenvalue weighted by molar-refractivity contribution is -0.210. The molecule has 0 spiro atoms. The Morgan fingerprint density at radius 3 is 2.37 bits per heavy atom. The maximum Gasteiger partial charge on any atom is 0.341 e. The molecule has 2 unspecified atom stereocenters. The van der Waals surface area contributed by atoms with Gasteiger partial charge in [-0.3, -0.25) is 9.59 Å². The van der Waals surface area contributed by atoms with E-state index in [0.29, 0.717) is 11.3 Å². The van der Waals surface area contributed by atoms with Crippen LogP contribution in [-0.4, -0.2) is 134 Å². The van der Waals surface area contributed by atoms with Crippen molar-refractivity contribution >= 4 is 23.2 Å². The van der Waals surface area contributed by atoms with Crippen LogP contribution < -0.4 is 0 Å². The number of nitrogens with one attached hydrogen (secondary N) is 1. The van der Waals surface area contributed by atoms with E-state index in [1.807, 2.05) is 0 Å². The minimum absolute atomic E-state index is 0.00334. The minimum Gasteiger partial charge on any atom is -0.507 e. The number of furan rings is 1. The summed E-state index contributed by atoms with van der Waals surface area (Å²) in [5.41, 5.74) is -11.3. The molecule has 3 aromatic rings. The lowest BCUT2D eigenvalue weighted by Gasteiger charge is -2.53. The van der Waals surface area contributed by atoms with Crippen LogP contribution in [0, 0.1) is 18.3 Å². The molecule has 0 amide bonds. The van der Waals surface area contributed by atoms with E-state index >= 15 is 4.79 Å². The van der Waals surface area contributed by atoms with Crippen molar-refractivity contribution in [1.82, 2.24) is 0 Å². The van der Waals surface area contributed by atoms with Gasteiger partial charge in [-0.15, -0.1) is 0 Å². The Morgan fingerprint density at radius 2 is 1.75 bits per heavy atom. The number of phenols is 2. The van der Waals surface area contributed by atoms with Crippen molar-refractivity contribution in [3.05, 3.63) is 91.9 Å². The number of hydrogen-bond donors (Lipinski definition) is 9. The Balaban J connectivity index is 1.46. The predicted octanol–water partition coefficient (Wildman–Crippen LogP) is 1.18. The van der Waals surface area contributed by atoms with Crippen molar-refractivity contribution in [1.29, 1.82) is 5.41 Å². The van der Waals surface area contributed by atoms with Crippen LogP contribution >= 0.6 is 0 Å². The molecule has 1 aliphatic heterocycles. The molecule has 0 saturated carbocycles. The molecule has 9 N–H and O–H groups in total. The highest BCUT2D eigenvalue weighted by Crippen LogP contribution is 2.58. The summed E-state index contributed by atoms with van der Waals surface area (Å²) in [5.74, 6) is -5.88. The van der Waals surface area contributed by atoms with Crippen LogP contribution in [-0.2, 0) is 49.4 Å². The molecule has 2 heterocycles. The van der Waals surface area contributed by atoms with E-state index in [9.17, 15) is 55.9 Å². The van der Waals surface area contributed by atoms with Gasteiger partial charge in [-0.25, -0.2) is 4.79 Å². The van der Waals surface area contributed by atoms with E-state index in [1.54, 1.807) is 19.9 Å². The minimum atomic E-state index is -3.25. The molecule has 10 atom stereocenters. The lowest BCUT2D eigenvalue weighted by atomic mass is 9.56. The van der Waals surface area contributed by atoms with Gasteiger partial charge in [0.2, 0.25) is 11.6 Å². The number of methoxy groups -OCH3 is 3. The van der Waals surface area contributed by atoms with Crippen LogP contribution in [0.4, 0.5) is 0 Å². The lowest BCUT2D eigenvalue weighted by Crippen LogP contribution is -2.73. The van der Waals surface area contributed by atoms with Crippen molar-refractivity contribution in [2.45, 2.75) is 99.9 Å². The van der Waals surface area contributed by atoms with Gasteiger partial charge in [0.15, 0.2) is 11.2 Å². The molecule has 17 nitrogen and oxygen atoms in total. The standard InChI is InChI=1S/C43H49NO16/c1-17-7-21-10-29(47)43(58-6)39(52)31-24(38(51)42(43,55)33(21)36(50)30(17)40(53)57-5)13-26-32(35(31)49)27(44)11-22(12-28-37(56-4)34(48)25(15-45)19(3)60-28)41(26,54)14-20-9-23(59-16-20)8-18(2)46/h7,9,11,13,16,18-19,25,28-29,34,37,44-50,54-55H,8,10,12,14-15H2,1-6H3/t18?,19-,25-,28+,29+,34+,37-,41?,42-,43+/m0/s1. The van der Waals surface area contributed by atoms with Crippen molar-refractivity contribution in [3.63, 3.8) is 0 Å². The number of aromatic hydroxyl groups is 2. The molecule has 1 saturated heterocycles. The van der Waals surface area contributed by atoms with E-state index in [-0.39, 0.29) is 47.1 Å². The molecule has 60 heavy (non-hydrogen) atoms. The van der Waals surface area contributed by atoms with E-state index in [0.717, 1.165) is 20.3 Å². The van der Waals surface area contributed by atoms with Crippen molar-refractivity contribution in [2.75, 3.05) is 27.9 Å². The average molecular weight is 836 g/mol. The molecule has 0 radical (unpaired) electrons. The highest BCUT2D eigenvalue weighted by atomic mass is 16.6. The van der Waals surface area contributed by atoms with E-state index in [4.69, 9.17) is 23.4 Å². The zero-order chi connectivity index (χ0) is 44.0. The Morgan fingerprint density at radius 1 is 1.05 bits per heavy atom. The summed E-state index contributed by atoms with van der Waals surface area (Å²) in [6.07, 6.45) is -4.92. The number of phenolic OH excluding ortho intramolecular Hbond substituents is 2. The van der Waals surface area contributed by atoms with Gasteiger partial charge in [0.1, 0.15) is 34.5 Å². The van der Waals surface area contributed by atoms with Crippen molar-refractivity contribution < 1.29 is 78.6 Å². The largest absolute Gasteiger partial charge is 0.507 e. The third kappa shape index (κ3) is 6.01. The summed E-state index contributed by atoms with van der Waals surface area (Å²) in [5, 5.41) is 102. The van der Waals surface area contributed by atoms with Gasteiger partial charge in [-0.2, -0.15) is 0 Å². The number of esters is 1. The molecule has 4 aliphatic rings. The van der Waals surface area contributed by atoms with Crippen LogP contribution in [0.15, 0.2) is 40.5 Å². The first-order valence-electron chi connectivity index (χ1n) is 19.4. The monoisotopic (exact) mass is 835 g/mol. The maximum atomic E-state index is 15.2. The number of rotatable bonds is 10. The predicted molar refractivity (Wildman–Crippen MR) is 207 cm³/mol. The number of carbonyl (C=O) groups excluding carboxylic acids is 3. The number of hydrogen-bond acceptors (Lipinski definition) is 17. The maximum absolute atomic E-state index is 15.2. The fraction of sp³-hybridized carbons (Fsp3) is 0.488. The first-order chi connectivity index (χ1) is 28.3. The molecule has 0 bridgehead atoms. The molecule has 1 fully saturated rings. The highest BCUT2D eigenvalue weighted by molar-refractivity contribution is 6.26. The smallest absolute Gasteiger partial charge is 0.341 e. The molecule has 7 rings (SSSR count). The van der Waals surface area contributed by atoms with Crippen LogP contribution in [0.25, 0.3) is 0 Å². The fourth-order valence-electron chi connectivity index (χ4n) is 9.92. The number of ketones is 2. The number of carbonyl (C=O) groups is 3. The Kier molecular flexibility index (Phi) is 11.0. The van der Waals surface area contributed by atoms with Gasteiger partial charge < -0.3 is 69.6 Å². The second kappa shape index (κ2) is 15.3. The zero-order valence-corrected chi connectivity index (χ0v) is 33.8. The summed E-state index contributed by atoms with van der Waals surface area (Å²) in [7, 11) is 3.35. The van der Waals surface area contributed by atoms with Gasteiger partial charge in [-0.05, 0) is 61.2 Å². The molecule has 322 valence electrons. The molecule has 17 heteroatoms. The fourth-order valence-corrected chi connectivity index (χ4v) is 9.92. The molecular formula is C43H49NO16. The quantitative estimate of drug-likeness (QED) is 0.130. The van der Waals surface area contributed by atoms with E-state index < -0.39 is 129 Å². The first-order valence-corrected chi connectivity index (χ1v) is 19.4. The highest BCUT2D eigenvalue weighted by Gasteiger charge is 2.73. The normalized spacial score (nSPS) is 31.5. The number of fused-ring (bicyclic) bond motifs is 5. The van der Waals surface area contributed by atoms with E-state index in [1.165, 1.54) is 32.4 Å². The topological polar surface area (TPSA) is 287 Å².